The fourth-order valence-corrected chi connectivity index (χ4v) is 3.56. The van der Waals surface area contributed by atoms with Crippen molar-refractivity contribution in [1.82, 2.24) is 0 Å². The molecule has 0 nitrogen and oxygen atoms in total. The molecule has 1 aromatic rings. The third-order valence-electron chi connectivity index (χ3n) is 3.92. The Bertz CT molecular complexity index is 307. The third kappa shape index (κ3) is 2.99. The molecule has 0 amide bonds. The minimum atomic E-state index is 0.838. The van der Waals surface area contributed by atoms with Gasteiger partial charge in [0.15, 0.2) is 0 Å². The summed E-state index contributed by atoms with van der Waals surface area (Å²) in [6, 6.07) is 9.32. The fraction of sp³-hybridized carbons (Fsp3) is 0.600. The third-order valence-corrected chi connectivity index (χ3v) is 5.17. The second-order valence-corrected chi connectivity index (χ2v) is 5.85. The number of alkyl halides is 1. The Morgan fingerprint density at radius 2 is 1.69 bits per heavy atom. The van der Waals surface area contributed by atoms with Crippen LogP contribution >= 0.6 is 22.6 Å². The zero-order valence-corrected chi connectivity index (χ0v) is 12.2. The van der Waals surface area contributed by atoms with Crippen molar-refractivity contribution >= 4 is 22.6 Å². The summed E-state index contributed by atoms with van der Waals surface area (Å²) >= 11 is 2.54. The Balaban J connectivity index is 1.97. The van der Waals surface area contributed by atoms with Gasteiger partial charge in [-0.25, -0.2) is 0 Å². The zero-order valence-electron chi connectivity index (χ0n) is 10.1. The van der Waals surface area contributed by atoms with E-state index in [1.54, 1.807) is 5.56 Å². The molecule has 0 saturated heterocycles. The highest BCUT2D eigenvalue weighted by Gasteiger charge is 2.21. The van der Waals surface area contributed by atoms with Gasteiger partial charge in [-0.1, -0.05) is 53.8 Å². The summed E-state index contributed by atoms with van der Waals surface area (Å²) in [6.07, 6.45) is 6.83. The molecule has 0 spiro atoms. The summed E-state index contributed by atoms with van der Waals surface area (Å²) in [5.41, 5.74) is 3.04. The maximum atomic E-state index is 2.54. The highest BCUT2D eigenvalue weighted by molar-refractivity contribution is 14.1. The molecule has 0 heterocycles. The Hall–Kier alpha value is -0.0500. The molecule has 0 aromatic heterocycles. The second-order valence-electron chi connectivity index (χ2n) is 4.97. The largest absolute Gasteiger partial charge is 0.0861 e. The first-order valence-corrected chi connectivity index (χ1v) is 8.00. The van der Waals surface area contributed by atoms with E-state index < -0.39 is 0 Å². The van der Waals surface area contributed by atoms with Crippen molar-refractivity contribution in [1.29, 1.82) is 0 Å². The maximum absolute atomic E-state index is 2.54. The minimum absolute atomic E-state index is 0.838. The molecule has 88 valence electrons. The van der Waals surface area contributed by atoms with Crippen LogP contribution in [0.4, 0.5) is 0 Å². The van der Waals surface area contributed by atoms with Crippen molar-refractivity contribution in [2.45, 2.75) is 44.9 Å². The molecule has 16 heavy (non-hydrogen) atoms. The van der Waals surface area contributed by atoms with Crippen LogP contribution < -0.4 is 0 Å². The van der Waals surface area contributed by atoms with Gasteiger partial charge in [0.05, 0.1) is 0 Å². The summed E-state index contributed by atoms with van der Waals surface area (Å²) in [6.45, 7) is 2.22. The van der Waals surface area contributed by atoms with Crippen LogP contribution in [0.2, 0.25) is 0 Å². The van der Waals surface area contributed by atoms with E-state index in [9.17, 15) is 0 Å². The summed E-state index contributed by atoms with van der Waals surface area (Å²) in [5.74, 6) is 1.83. The van der Waals surface area contributed by atoms with Gasteiger partial charge in [0.2, 0.25) is 0 Å². The van der Waals surface area contributed by atoms with E-state index in [4.69, 9.17) is 0 Å². The first-order chi connectivity index (χ1) is 7.83. The average Bonchev–Trinajstić information content (AvgIpc) is 2.39. The van der Waals surface area contributed by atoms with E-state index in [1.807, 2.05) is 0 Å². The van der Waals surface area contributed by atoms with Crippen LogP contribution in [0.1, 0.15) is 49.7 Å². The molecule has 1 aliphatic rings. The predicted octanol–water partition coefficient (Wildman–Crippen LogP) is 4.96. The highest BCUT2D eigenvalue weighted by Crippen LogP contribution is 2.36. The lowest BCUT2D eigenvalue weighted by Gasteiger charge is -2.27. The van der Waals surface area contributed by atoms with Gasteiger partial charge in [0, 0.05) is 4.43 Å². The Kier molecular flexibility index (Phi) is 4.68. The molecule has 0 radical (unpaired) electrons. The van der Waals surface area contributed by atoms with Crippen LogP contribution in [0.15, 0.2) is 24.3 Å². The van der Waals surface area contributed by atoms with Crippen LogP contribution in [-0.2, 0) is 6.42 Å². The summed E-state index contributed by atoms with van der Waals surface area (Å²) < 4.78 is 1.35. The van der Waals surface area contributed by atoms with Gasteiger partial charge in [-0.2, -0.15) is 0 Å². The van der Waals surface area contributed by atoms with Crippen LogP contribution in [0.25, 0.3) is 0 Å². The monoisotopic (exact) mass is 328 g/mol. The number of halogens is 1. The fourth-order valence-electron chi connectivity index (χ4n) is 2.68. The summed E-state index contributed by atoms with van der Waals surface area (Å²) in [7, 11) is 0. The maximum Gasteiger partial charge on any atom is 0.00237 e. The number of hydrogen-bond donors (Lipinski definition) is 0. The van der Waals surface area contributed by atoms with Crippen molar-refractivity contribution in [2.24, 2.45) is 5.92 Å². The Labute approximate surface area is 113 Å². The van der Waals surface area contributed by atoms with E-state index in [-0.39, 0.29) is 0 Å². The highest BCUT2D eigenvalue weighted by atomic mass is 127. The number of rotatable bonds is 3. The van der Waals surface area contributed by atoms with Gasteiger partial charge in [-0.15, -0.1) is 0 Å². The summed E-state index contributed by atoms with van der Waals surface area (Å²) in [4.78, 5) is 0. The number of hydrogen-bond acceptors (Lipinski definition) is 0. The molecule has 1 saturated carbocycles. The van der Waals surface area contributed by atoms with E-state index in [2.05, 4.69) is 53.8 Å². The molecule has 1 aliphatic carbocycles. The van der Waals surface area contributed by atoms with Crippen LogP contribution in [0.5, 0.6) is 0 Å². The molecule has 1 fully saturated rings. The molecule has 1 aromatic carbocycles. The first-order valence-electron chi connectivity index (χ1n) is 6.48. The molecule has 0 aliphatic heterocycles. The number of benzene rings is 1. The standard InChI is InChI=1S/C15H21I/c1-2-12-3-7-14(8-4-12)15-9-5-13(11-16)6-10-15/h3-4,7-8,13,15H,2,5-6,9-11H2,1H3. The van der Waals surface area contributed by atoms with Gasteiger partial charge < -0.3 is 0 Å². The van der Waals surface area contributed by atoms with E-state index >= 15 is 0 Å². The molecular weight excluding hydrogens is 307 g/mol. The summed E-state index contributed by atoms with van der Waals surface area (Å²) in [5, 5.41) is 0. The zero-order chi connectivity index (χ0) is 11.4. The van der Waals surface area contributed by atoms with Crippen molar-refractivity contribution < 1.29 is 0 Å². The number of aryl methyl sites for hydroxylation is 1. The van der Waals surface area contributed by atoms with E-state index in [0.29, 0.717) is 0 Å². The SMILES string of the molecule is CCc1ccc(C2CCC(CI)CC2)cc1. The lowest BCUT2D eigenvalue weighted by Crippen LogP contribution is -2.14. The Morgan fingerprint density at radius 1 is 1.06 bits per heavy atom. The van der Waals surface area contributed by atoms with Crippen LogP contribution in [-0.4, -0.2) is 4.43 Å². The molecule has 0 N–H and O–H groups in total. The Morgan fingerprint density at radius 3 is 2.19 bits per heavy atom. The molecular formula is C15H21I. The van der Waals surface area contributed by atoms with Gasteiger partial charge in [-0.05, 0) is 55.1 Å². The molecule has 2 rings (SSSR count). The van der Waals surface area contributed by atoms with Crippen molar-refractivity contribution in [3.8, 4) is 0 Å². The quantitative estimate of drug-likeness (QED) is 0.543. The lowest BCUT2D eigenvalue weighted by molar-refractivity contribution is 0.356. The van der Waals surface area contributed by atoms with Crippen LogP contribution in [0, 0.1) is 5.92 Å². The van der Waals surface area contributed by atoms with E-state index in [1.165, 1.54) is 35.7 Å². The van der Waals surface area contributed by atoms with Crippen molar-refractivity contribution in [3.05, 3.63) is 35.4 Å². The van der Waals surface area contributed by atoms with Gasteiger partial charge in [0.1, 0.15) is 0 Å². The van der Waals surface area contributed by atoms with Crippen LogP contribution in [0.3, 0.4) is 0 Å². The first kappa shape index (κ1) is 12.4. The minimum Gasteiger partial charge on any atom is -0.0861 e. The molecule has 0 atom stereocenters. The van der Waals surface area contributed by atoms with Gasteiger partial charge >= 0.3 is 0 Å². The lowest BCUT2D eigenvalue weighted by atomic mass is 9.79. The molecule has 0 bridgehead atoms. The molecule has 1 heteroatoms. The average molecular weight is 328 g/mol. The van der Waals surface area contributed by atoms with Gasteiger partial charge in [-0.3, -0.25) is 0 Å². The van der Waals surface area contributed by atoms with Gasteiger partial charge in [0.25, 0.3) is 0 Å². The normalized spacial score (nSPS) is 25.6. The topological polar surface area (TPSA) is 0 Å². The van der Waals surface area contributed by atoms with Crippen molar-refractivity contribution in [3.63, 3.8) is 0 Å². The smallest absolute Gasteiger partial charge is 0.00237 e. The van der Waals surface area contributed by atoms with Crippen molar-refractivity contribution in [2.75, 3.05) is 4.43 Å². The molecule has 0 unspecified atom stereocenters. The second kappa shape index (κ2) is 6.04. The predicted molar refractivity (Wildman–Crippen MR) is 79.4 cm³/mol. The van der Waals surface area contributed by atoms with E-state index in [0.717, 1.165) is 18.3 Å².